The zero-order valence-electron chi connectivity index (χ0n) is 11.6. The Morgan fingerprint density at radius 2 is 2.28 bits per heavy atom. The van der Waals surface area contributed by atoms with Crippen molar-refractivity contribution in [3.8, 4) is 0 Å². The van der Waals surface area contributed by atoms with E-state index in [0.29, 0.717) is 0 Å². The normalized spacial score (nSPS) is 45.5. The van der Waals surface area contributed by atoms with Crippen LogP contribution in [-0.2, 0) is 4.74 Å². The van der Waals surface area contributed by atoms with Gasteiger partial charge < -0.3 is 10.1 Å². The van der Waals surface area contributed by atoms with Crippen molar-refractivity contribution in [2.45, 2.75) is 57.1 Å². The Kier molecular flexibility index (Phi) is 4.21. The molecule has 3 aliphatic rings. The maximum Gasteiger partial charge on any atom is 0.0783 e. The molecule has 0 aliphatic carbocycles. The molecule has 3 heterocycles. The summed E-state index contributed by atoms with van der Waals surface area (Å²) in [5.41, 5.74) is 0.273. The lowest BCUT2D eigenvalue weighted by atomic mass is 9.80. The van der Waals surface area contributed by atoms with Crippen molar-refractivity contribution in [2.24, 2.45) is 11.8 Å². The summed E-state index contributed by atoms with van der Waals surface area (Å²) >= 11 is 2.09. The number of hydrogen-bond acceptors (Lipinski definition) is 3. The van der Waals surface area contributed by atoms with E-state index < -0.39 is 0 Å². The molecule has 2 nitrogen and oxygen atoms in total. The smallest absolute Gasteiger partial charge is 0.0783 e. The summed E-state index contributed by atoms with van der Waals surface area (Å²) < 4.78 is 6.12. The molecule has 3 heteroatoms. The highest BCUT2D eigenvalue weighted by Crippen LogP contribution is 2.41. The van der Waals surface area contributed by atoms with E-state index in [4.69, 9.17) is 4.74 Å². The predicted octanol–water partition coefficient (Wildman–Crippen LogP) is 3.07. The first-order valence-corrected chi connectivity index (χ1v) is 8.86. The van der Waals surface area contributed by atoms with E-state index in [1.807, 2.05) is 0 Å². The van der Waals surface area contributed by atoms with Crippen LogP contribution in [0.15, 0.2) is 0 Å². The van der Waals surface area contributed by atoms with E-state index in [-0.39, 0.29) is 5.60 Å². The van der Waals surface area contributed by atoms with Crippen molar-refractivity contribution in [3.63, 3.8) is 0 Å². The number of thioether (sulfide) groups is 1. The van der Waals surface area contributed by atoms with Gasteiger partial charge in [0, 0.05) is 18.4 Å². The molecule has 0 radical (unpaired) electrons. The summed E-state index contributed by atoms with van der Waals surface area (Å²) in [6, 6.07) is 0.787. The lowest BCUT2D eigenvalue weighted by Gasteiger charge is -2.40. The third-order valence-electron chi connectivity index (χ3n) is 5.04. The van der Waals surface area contributed by atoms with Crippen molar-refractivity contribution < 1.29 is 4.74 Å². The number of hydrogen-bond donors (Lipinski definition) is 1. The van der Waals surface area contributed by atoms with Gasteiger partial charge in [0.1, 0.15) is 0 Å². The molecule has 0 saturated carbocycles. The molecule has 0 amide bonds. The molecule has 4 atom stereocenters. The van der Waals surface area contributed by atoms with Gasteiger partial charge in [0.15, 0.2) is 0 Å². The Balaban J connectivity index is 1.50. The van der Waals surface area contributed by atoms with Crippen LogP contribution in [0.3, 0.4) is 0 Å². The van der Waals surface area contributed by atoms with Crippen LogP contribution in [0, 0.1) is 11.8 Å². The minimum Gasteiger partial charge on any atom is -0.374 e. The summed E-state index contributed by atoms with van der Waals surface area (Å²) in [6.07, 6.45) is 8.11. The van der Waals surface area contributed by atoms with Crippen LogP contribution in [0.4, 0.5) is 0 Å². The Labute approximate surface area is 116 Å². The second-order valence-corrected chi connectivity index (χ2v) is 7.82. The summed E-state index contributed by atoms with van der Waals surface area (Å²) in [5, 5.41) is 3.75. The molecular weight excluding hydrogens is 242 g/mol. The van der Waals surface area contributed by atoms with Gasteiger partial charge in [0.2, 0.25) is 0 Å². The molecule has 3 fully saturated rings. The second kappa shape index (κ2) is 5.72. The second-order valence-electron chi connectivity index (χ2n) is 6.72. The fraction of sp³-hybridized carbons (Fsp3) is 1.00. The van der Waals surface area contributed by atoms with Gasteiger partial charge >= 0.3 is 0 Å². The molecule has 0 bridgehead atoms. The quantitative estimate of drug-likeness (QED) is 0.832. The molecule has 18 heavy (non-hydrogen) atoms. The van der Waals surface area contributed by atoms with E-state index in [2.05, 4.69) is 24.0 Å². The fourth-order valence-corrected chi connectivity index (χ4v) is 5.23. The average Bonchev–Trinajstić information content (AvgIpc) is 2.80. The lowest BCUT2D eigenvalue weighted by Crippen LogP contribution is -2.44. The summed E-state index contributed by atoms with van der Waals surface area (Å²) in [5.74, 6) is 4.35. The molecule has 1 spiro atoms. The highest BCUT2D eigenvalue weighted by molar-refractivity contribution is 7.99. The lowest BCUT2D eigenvalue weighted by molar-refractivity contribution is -0.0821. The minimum atomic E-state index is 0.273. The van der Waals surface area contributed by atoms with E-state index in [1.165, 1.54) is 56.6 Å². The van der Waals surface area contributed by atoms with Gasteiger partial charge in [0.05, 0.1) is 5.60 Å². The molecule has 3 aliphatic heterocycles. The Morgan fingerprint density at radius 3 is 3.00 bits per heavy atom. The number of piperidine rings is 1. The molecule has 0 aromatic carbocycles. The van der Waals surface area contributed by atoms with Crippen molar-refractivity contribution in [1.82, 2.24) is 5.32 Å². The molecule has 0 aromatic rings. The Bertz CT molecular complexity index is 270. The largest absolute Gasteiger partial charge is 0.374 e. The minimum absolute atomic E-state index is 0.273. The standard InChI is InChI=1S/C15H27NOS/c1-12-2-3-14(16-10-12)8-13-4-6-17-15(9-13)5-7-18-11-15/h12-14,16H,2-11H2,1H3. The SMILES string of the molecule is CC1CCC(CC2CCOC3(CCSC3)C2)NC1. The Morgan fingerprint density at radius 1 is 1.33 bits per heavy atom. The molecule has 4 unspecified atom stereocenters. The molecule has 3 rings (SSSR count). The van der Waals surface area contributed by atoms with Crippen LogP contribution >= 0.6 is 11.8 Å². The molecule has 3 saturated heterocycles. The van der Waals surface area contributed by atoms with Crippen LogP contribution in [0.5, 0.6) is 0 Å². The van der Waals surface area contributed by atoms with Crippen LogP contribution in [0.25, 0.3) is 0 Å². The molecule has 1 N–H and O–H groups in total. The summed E-state index contributed by atoms with van der Waals surface area (Å²) in [7, 11) is 0. The van der Waals surface area contributed by atoms with Gasteiger partial charge in [-0.1, -0.05) is 6.92 Å². The first-order valence-electron chi connectivity index (χ1n) is 7.71. The van der Waals surface area contributed by atoms with E-state index in [0.717, 1.165) is 24.5 Å². The van der Waals surface area contributed by atoms with E-state index >= 15 is 0 Å². The van der Waals surface area contributed by atoms with Gasteiger partial charge in [-0.25, -0.2) is 0 Å². The van der Waals surface area contributed by atoms with Crippen LogP contribution in [0.2, 0.25) is 0 Å². The zero-order chi connectivity index (χ0) is 12.4. The van der Waals surface area contributed by atoms with Gasteiger partial charge in [-0.3, -0.25) is 0 Å². The number of nitrogens with one attached hydrogen (secondary N) is 1. The number of rotatable bonds is 2. The number of ether oxygens (including phenoxy) is 1. The highest BCUT2D eigenvalue weighted by atomic mass is 32.2. The third kappa shape index (κ3) is 3.05. The average molecular weight is 269 g/mol. The van der Waals surface area contributed by atoms with Crippen LogP contribution in [0.1, 0.15) is 45.4 Å². The predicted molar refractivity (Wildman–Crippen MR) is 78.2 cm³/mol. The summed E-state index contributed by atoms with van der Waals surface area (Å²) in [6.45, 7) is 4.60. The zero-order valence-corrected chi connectivity index (χ0v) is 12.4. The van der Waals surface area contributed by atoms with Gasteiger partial charge in [0.25, 0.3) is 0 Å². The van der Waals surface area contributed by atoms with Crippen molar-refractivity contribution >= 4 is 11.8 Å². The third-order valence-corrected chi connectivity index (χ3v) is 6.27. The Hall–Kier alpha value is 0.270. The van der Waals surface area contributed by atoms with Gasteiger partial charge in [-0.15, -0.1) is 0 Å². The first-order chi connectivity index (χ1) is 8.76. The van der Waals surface area contributed by atoms with Gasteiger partial charge in [-0.05, 0) is 62.7 Å². The fourth-order valence-electron chi connectivity index (χ4n) is 3.85. The first kappa shape index (κ1) is 13.3. The summed E-state index contributed by atoms with van der Waals surface area (Å²) in [4.78, 5) is 0. The maximum absolute atomic E-state index is 6.12. The van der Waals surface area contributed by atoms with Gasteiger partial charge in [-0.2, -0.15) is 11.8 Å². The molecule has 104 valence electrons. The van der Waals surface area contributed by atoms with Crippen LogP contribution < -0.4 is 5.32 Å². The highest BCUT2D eigenvalue weighted by Gasteiger charge is 2.40. The van der Waals surface area contributed by atoms with Crippen molar-refractivity contribution in [1.29, 1.82) is 0 Å². The topological polar surface area (TPSA) is 21.3 Å². The molecular formula is C15H27NOS. The van der Waals surface area contributed by atoms with Crippen molar-refractivity contribution in [3.05, 3.63) is 0 Å². The monoisotopic (exact) mass is 269 g/mol. The van der Waals surface area contributed by atoms with E-state index in [1.54, 1.807) is 0 Å². The van der Waals surface area contributed by atoms with E-state index in [9.17, 15) is 0 Å². The maximum atomic E-state index is 6.12. The molecule has 0 aromatic heterocycles. The van der Waals surface area contributed by atoms with Crippen molar-refractivity contribution in [2.75, 3.05) is 24.7 Å². The van der Waals surface area contributed by atoms with Crippen LogP contribution in [-0.4, -0.2) is 36.3 Å².